The second-order valence-electron chi connectivity index (χ2n) is 13.0. The van der Waals surface area contributed by atoms with Crippen molar-refractivity contribution in [2.45, 2.75) is 32.3 Å². The van der Waals surface area contributed by atoms with Crippen LogP contribution in [0.15, 0.2) is 90.4 Å². The SMILES string of the molecule is CC(C)CN1CCSC1=Nc1ccc(N2CCN(c3ccc(OCC4COC(Cn5ccnc5)(c5ccc(Cl)cc5Cl)O4)cc3)CC2)cc1. The summed E-state index contributed by atoms with van der Waals surface area (Å²) in [6.07, 6.45) is 5.04. The lowest BCUT2D eigenvalue weighted by atomic mass is 10.1. The van der Waals surface area contributed by atoms with Gasteiger partial charge in [0.05, 0.1) is 30.2 Å². The van der Waals surface area contributed by atoms with E-state index in [-0.39, 0.29) is 6.10 Å². The topological polar surface area (TPSA) is 67.6 Å². The van der Waals surface area contributed by atoms with Crippen LogP contribution >= 0.6 is 35.0 Å². The molecule has 4 heterocycles. The molecule has 3 aliphatic rings. The molecule has 12 heteroatoms. The van der Waals surface area contributed by atoms with Crippen LogP contribution in [0.3, 0.4) is 0 Å². The molecule has 258 valence electrons. The van der Waals surface area contributed by atoms with E-state index >= 15 is 0 Å². The number of thioether (sulfide) groups is 1. The molecular weight excluding hydrogens is 679 g/mol. The number of benzene rings is 3. The number of hydrogen-bond acceptors (Lipinski definition) is 8. The summed E-state index contributed by atoms with van der Waals surface area (Å²) in [7, 11) is 0. The van der Waals surface area contributed by atoms with Gasteiger partial charge in [-0.3, -0.25) is 0 Å². The van der Waals surface area contributed by atoms with Gasteiger partial charge in [-0.15, -0.1) is 0 Å². The van der Waals surface area contributed by atoms with Gasteiger partial charge < -0.3 is 33.5 Å². The van der Waals surface area contributed by atoms with Gasteiger partial charge in [0.1, 0.15) is 18.5 Å². The number of rotatable bonds is 11. The highest BCUT2D eigenvalue weighted by molar-refractivity contribution is 8.14. The molecule has 0 spiro atoms. The monoisotopic (exact) mass is 720 g/mol. The second-order valence-corrected chi connectivity index (χ2v) is 14.9. The van der Waals surface area contributed by atoms with Gasteiger partial charge in [0.25, 0.3) is 0 Å². The van der Waals surface area contributed by atoms with E-state index in [1.165, 1.54) is 11.4 Å². The maximum Gasteiger partial charge on any atom is 0.215 e. The molecule has 4 aromatic rings. The van der Waals surface area contributed by atoms with E-state index in [0.29, 0.717) is 35.7 Å². The molecule has 0 saturated carbocycles. The van der Waals surface area contributed by atoms with E-state index in [1.54, 1.807) is 24.7 Å². The van der Waals surface area contributed by atoms with E-state index < -0.39 is 5.79 Å². The predicted octanol–water partition coefficient (Wildman–Crippen LogP) is 7.56. The van der Waals surface area contributed by atoms with Crippen molar-refractivity contribution in [3.8, 4) is 5.75 Å². The molecule has 3 aliphatic heterocycles. The van der Waals surface area contributed by atoms with Crippen molar-refractivity contribution >= 4 is 57.2 Å². The average Bonchev–Trinajstić information content (AvgIpc) is 3.87. The number of ether oxygens (including phenoxy) is 3. The van der Waals surface area contributed by atoms with Crippen LogP contribution in [0.4, 0.5) is 17.1 Å². The number of nitrogens with zero attached hydrogens (tertiary/aromatic N) is 6. The van der Waals surface area contributed by atoms with Crippen molar-refractivity contribution in [2.24, 2.45) is 10.9 Å². The van der Waals surface area contributed by atoms with E-state index in [9.17, 15) is 0 Å². The number of aliphatic imine (C=N–C) groups is 1. The maximum absolute atomic E-state index is 6.61. The summed E-state index contributed by atoms with van der Waals surface area (Å²) in [6.45, 7) is 11.6. The smallest absolute Gasteiger partial charge is 0.215 e. The molecule has 0 radical (unpaired) electrons. The van der Waals surface area contributed by atoms with Crippen LogP contribution in [-0.4, -0.2) is 84.0 Å². The molecule has 0 amide bonds. The molecule has 3 fully saturated rings. The Kier molecular flexibility index (Phi) is 10.6. The van der Waals surface area contributed by atoms with Crippen LogP contribution in [0.25, 0.3) is 0 Å². The lowest BCUT2D eigenvalue weighted by molar-refractivity contribution is -0.189. The zero-order valence-electron chi connectivity index (χ0n) is 27.9. The van der Waals surface area contributed by atoms with Crippen molar-refractivity contribution in [2.75, 3.05) is 68.0 Å². The summed E-state index contributed by atoms with van der Waals surface area (Å²) in [6, 6.07) is 22.4. The Morgan fingerprint density at radius 1 is 0.959 bits per heavy atom. The Balaban J connectivity index is 0.909. The van der Waals surface area contributed by atoms with E-state index in [0.717, 1.165) is 67.2 Å². The molecule has 0 bridgehead atoms. The van der Waals surface area contributed by atoms with Crippen LogP contribution in [-0.2, 0) is 21.8 Å². The van der Waals surface area contributed by atoms with Crippen molar-refractivity contribution in [1.82, 2.24) is 14.5 Å². The number of piperazine rings is 1. The van der Waals surface area contributed by atoms with Gasteiger partial charge >= 0.3 is 0 Å². The third-order valence-corrected chi connectivity index (χ3v) is 10.5. The first kappa shape index (κ1) is 34.1. The van der Waals surface area contributed by atoms with Crippen LogP contribution in [0.2, 0.25) is 10.0 Å². The van der Waals surface area contributed by atoms with Gasteiger partial charge in [-0.2, -0.15) is 0 Å². The number of aromatic nitrogens is 2. The van der Waals surface area contributed by atoms with Gasteiger partial charge in [-0.1, -0.05) is 54.9 Å². The maximum atomic E-state index is 6.61. The number of anilines is 2. The summed E-state index contributed by atoms with van der Waals surface area (Å²) in [5.41, 5.74) is 4.18. The fourth-order valence-corrected chi connectivity index (χ4v) is 8.10. The Hall–Kier alpha value is -3.41. The molecule has 0 aliphatic carbocycles. The Morgan fingerprint density at radius 2 is 1.67 bits per heavy atom. The second kappa shape index (κ2) is 15.2. The molecule has 1 aromatic heterocycles. The Bertz CT molecular complexity index is 1720. The molecular formula is C37H42Cl2N6O3S. The molecule has 3 saturated heterocycles. The van der Waals surface area contributed by atoms with Gasteiger partial charge in [0, 0.05) is 79.4 Å². The van der Waals surface area contributed by atoms with Crippen molar-refractivity contribution in [1.29, 1.82) is 0 Å². The standard InChI is InChI=1S/C37H42Cl2N6O3S/c1-27(2)22-45-19-20-49-36(45)41-29-4-6-30(7-5-29)43-15-17-44(18-16-43)31-8-10-32(11-9-31)46-23-33-24-47-37(48-33,25-42-14-13-40-26-42)34-12-3-28(38)21-35(34)39/h3-14,21,26-27,33H,15-20,22-25H2,1-2H3. The molecule has 2 unspecified atom stereocenters. The van der Waals surface area contributed by atoms with Crippen LogP contribution in [0, 0.1) is 5.92 Å². The quantitative estimate of drug-likeness (QED) is 0.157. The third kappa shape index (κ3) is 8.15. The van der Waals surface area contributed by atoms with Gasteiger partial charge in [0.15, 0.2) is 5.17 Å². The largest absolute Gasteiger partial charge is 0.491 e. The molecule has 49 heavy (non-hydrogen) atoms. The average molecular weight is 722 g/mol. The zero-order chi connectivity index (χ0) is 33.8. The minimum atomic E-state index is -1.08. The first-order valence-corrected chi connectivity index (χ1v) is 18.6. The highest BCUT2D eigenvalue weighted by atomic mass is 35.5. The minimum Gasteiger partial charge on any atom is -0.491 e. The number of hydrogen-bond donors (Lipinski definition) is 0. The third-order valence-electron chi connectivity index (χ3n) is 8.96. The fourth-order valence-electron chi connectivity index (χ4n) is 6.54. The van der Waals surface area contributed by atoms with Crippen molar-refractivity contribution < 1.29 is 14.2 Å². The highest BCUT2D eigenvalue weighted by Crippen LogP contribution is 2.40. The van der Waals surface area contributed by atoms with E-state index in [4.69, 9.17) is 42.4 Å². The number of amidine groups is 1. The predicted molar refractivity (Wildman–Crippen MR) is 200 cm³/mol. The molecule has 0 N–H and O–H groups in total. The Morgan fingerprint density at radius 3 is 2.33 bits per heavy atom. The van der Waals surface area contributed by atoms with Crippen molar-refractivity contribution in [3.63, 3.8) is 0 Å². The summed E-state index contributed by atoms with van der Waals surface area (Å²) >= 11 is 14.6. The minimum absolute atomic E-state index is 0.286. The highest BCUT2D eigenvalue weighted by Gasteiger charge is 2.45. The number of halogens is 2. The summed E-state index contributed by atoms with van der Waals surface area (Å²) in [4.78, 5) is 16.4. The van der Waals surface area contributed by atoms with Crippen LogP contribution in [0.5, 0.6) is 5.75 Å². The molecule has 2 atom stereocenters. The lowest BCUT2D eigenvalue weighted by Gasteiger charge is -2.37. The van der Waals surface area contributed by atoms with Gasteiger partial charge in [-0.25, -0.2) is 9.98 Å². The number of imidazole rings is 1. The lowest BCUT2D eigenvalue weighted by Crippen LogP contribution is -2.46. The first-order valence-electron chi connectivity index (χ1n) is 16.9. The fraction of sp³-hybridized carbons (Fsp3) is 0.405. The van der Waals surface area contributed by atoms with Crippen LogP contribution in [0.1, 0.15) is 19.4 Å². The Labute approximate surface area is 302 Å². The van der Waals surface area contributed by atoms with Crippen molar-refractivity contribution in [3.05, 3.63) is 101 Å². The van der Waals surface area contributed by atoms with E-state index in [1.807, 2.05) is 40.7 Å². The van der Waals surface area contributed by atoms with Gasteiger partial charge in [-0.05, 0) is 66.6 Å². The normalized spacial score (nSPS) is 22.1. The molecule has 9 nitrogen and oxygen atoms in total. The summed E-state index contributed by atoms with van der Waals surface area (Å²) in [5.74, 6) is 1.45. The van der Waals surface area contributed by atoms with Crippen LogP contribution < -0.4 is 14.5 Å². The first-order chi connectivity index (χ1) is 23.8. The van der Waals surface area contributed by atoms with Gasteiger partial charge in [0.2, 0.25) is 5.79 Å². The molecule has 7 rings (SSSR count). The summed E-state index contributed by atoms with van der Waals surface area (Å²) in [5, 5.41) is 2.19. The summed E-state index contributed by atoms with van der Waals surface area (Å²) < 4.78 is 20.9. The molecule has 3 aromatic carbocycles. The van der Waals surface area contributed by atoms with E-state index in [2.05, 4.69) is 69.9 Å². The zero-order valence-corrected chi connectivity index (χ0v) is 30.2.